The lowest BCUT2D eigenvalue weighted by molar-refractivity contribution is 0.0689. The number of H-pyrrole nitrogens is 1. The van der Waals surface area contributed by atoms with Crippen LogP contribution in [0.25, 0.3) is 10.4 Å². The van der Waals surface area contributed by atoms with E-state index in [2.05, 4.69) is 31.0 Å². The summed E-state index contributed by atoms with van der Waals surface area (Å²) in [6, 6.07) is 3.76. The highest BCUT2D eigenvalue weighted by Gasteiger charge is 2.32. The minimum atomic E-state index is -1.08. The molecule has 1 saturated carbocycles. The summed E-state index contributed by atoms with van der Waals surface area (Å²) < 4.78 is 1.37. The number of rotatable bonds is 5. The van der Waals surface area contributed by atoms with Gasteiger partial charge in [0.2, 0.25) is 0 Å². The zero-order valence-corrected chi connectivity index (χ0v) is 19.4. The number of pyridine rings is 1. The van der Waals surface area contributed by atoms with E-state index < -0.39 is 5.97 Å². The van der Waals surface area contributed by atoms with E-state index in [1.807, 2.05) is 13.8 Å². The van der Waals surface area contributed by atoms with Gasteiger partial charge in [-0.2, -0.15) is 0 Å². The molecule has 164 valence electrons. The molecule has 2 N–H and O–H groups in total. The third-order valence-corrected chi connectivity index (χ3v) is 7.18. The summed E-state index contributed by atoms with van der Waals surface area (Å²) in [6.45, 7) is 8.19. The van der Waals surface area contributed by atoms with Crippen molar-refractivity contribution in [3.8, 4) is 0 Å². The SMILES string of the molecule is CC1=CC(C)=N/C1=C(/Cc1cc(=O)n2c(C(=O)O)csc2c1C1CC1)c1[nH]c(C)cc1C. The highest BCUT2D eigenvalue weighted by Crippen LogP contribution is 2.46. The van der Waals surface area contributed by atoms with E-state index in [1.54, 1.807) is 11.4 Å². The van der Waals surface area contributed by atoms with Crippen LogP contribution in [0, 0.1) is 13.8 Å². The van der Waals surface area contributed by atoms with Crippen molar-refractivity contribution in [2.75, 3.05) is 0 Å². The van der Waals surface area contributed by atoms with Crippen molar-refractivity contribution in [3.63, 3.8) is 0 Å². The van der Waals surface area contributed by atoms with Crippen molar-refractivity contribution in [1.82, 2.24) is 9.38 Å². The van der Waals surface area contributed by atoms with Crippen molar-refractivity contribution >= 4 is 33.4 Å². The number of hydrogen-bond acceptors (Lipinski definition) is 4. The third-order valence-electron chi connectivity index (χ3n) is 6.22. The summed E-state index contributed by atoms with van der Waals surface area (Å²) >= 11 is 1.35. The van der Waals surface area contributed by atoms with Gasteiger partial charge in [0.25, 0.3) is 5.56 Å². The molecule has 0 spiro atoms. The summed E-state index contributed by atoms with van der Waals surface area (Å²) in [5.74, 6) is -0.714. The summed E-state index contributed by atoms with van der Waals surface area (Å²) in [6.07, 6.45) is 4.77. The van der Waals surface area contributed by atoms with Gasteiger partial charge < -0.3 is 10.1 Å². The molecular formula is C25H25N3O3S. The van der Waals surface area contributed by atoms with Gasteiger partial charge in [-0.3, -0.25) is 14.2 Å². The van der Waals surface area contributed by atoms with Crippen molar-refractivity contribution in [1.29, 1.82) is 0 Å². The molecule has 4 heterocycles. The van der Waals surface area contributed by atoms with Crippen LogP contribution in [0.5, 0.6) is 0 Å². The molecule has 1 aliphatic heterocycles. The van der Waals surface area contributed by atoms with Crippen LogP contribution in [0.2, 0.25) is 0 Å². The maximum atomic E-state index is 13.1. The molecule has 1 fully saturated rings. The second-order valence-corrected chi connectivity index (χ2v) is 9.72. The molecule has 0 saturated heterocycles. The van der Waals surface area contributed by atoms with Crippen LogP contribution < -0.4 is 5.56 Å². The number of fused-ring (bicyclic) bond motifs is 1. The predicted molar refractivity (Wildman–Crippen MR) is 128 cm³/mol. The van der Waals surface area contributed by atoms with E-state index in [4.69, 9.17) is 4.99 Å². The average molecular weight is 448 g/mol. The number of aromatic nitrogens is 2. The largest absolute Gasteiger partial charge is 0.477 e. The minimum absolute atomic E-state index is 0.0349. The Hall–Kier alpha value is -3.19. The van der Waals surface area contributed by atoms with Crippen molar-refractivity contribution in [2.24, 2.45) is 4.99 Å². The number of aryl methyl sites for hydroxylation is 2. The monoisotopic (exact) mass is 447 g/mol. The van der Waals surface area contributed by atoms with E-state index in [0.717, 1.165) is 68.3 Å². The van der Waals surface area contributed by atoms with Crippen molar-refractivity contribution in [3.05, 3.63) is 79.0 Å². The molecule has 3 aromatic rings. The predicted octanol–water partition coefficient (Wildman–Crippen LogP) is 5.26. The minimum Gasteiger partial charge on any atom is -0.477 e. The standard InChI is InChI=1S/C25H25N3O3S/c1-12-7-14(3)26-22(12)18(23-13(2)8-15(4)27-23)9-17-10-20(29)28-19(25(30)31)11-32-24(28)21(17)16-5-6-16/h7-8,10-11,16,26H,5-6,9H2,1-4H3,(H,30,31)/b23-18-. The van der Waals surface area contributed by atoms with Gasteiger partial charge in [-0.25, -0.2) is 4.79 Å². The number of hydrogen-bond donors (Lipinski definition) is 2. The van der Waals surface area contributed by atoms with Crippen LogP contribution in [0.15, 0.2) is 44.6 Å². The second-order valence-electron chi connectivity index (χ2n) is 8.86. The number of aromatic amines is 1. The zero-order valence-electron chi connectivity index (χ0n) is 18.6. The van der Waals surface area contributed by atoms with Gasteiger partial charge in [-0.1, -0.05) is 0 Å². The molecule has 0 unspecified atom stereocenters. The Morgan fingerprint density at radius 3 is 2.56 bits per heavy atom. The van der Waals surface area contributed by atoms with E-state index in [0.29, 0.717) is 12.3 Å². The van der Waals surface area contributed by atoms with Crippen molar-refractivity contribution in [2.45, 2.75) is 52.9 Å². The summed E-state index contributed by atoms with van der Waals surface area (Å²) in [5, 5.41) is 11.1. The lowest BCUT2D eigenvalue weighted by atomic mass is 9.93. The molecule has 7 heteroatoms. The number of aromatic carboxylic acids is 1. The molecule has 32 heavy (non-hydrogen) atoms. The normalized spacial score (nSPS) is 17.6. The zero-order chi connectivity index (χ0) is 22.7. The molecule has 0 amide bonds. The Balaban J connectivity index is 1.75. The van der Waals surface area contributed by atoms with E-state index >= 15 is 0 Å². The van der Waals surface area contributed by atoms with Crippen LogP contribution in [0.4, 0.5) is 0 Å². The van der Waals surface area contributed by atoms with E-state index in [-0.39, 0.29) is 11.3 Å². The number of nitrogens with one attached hydrogen (secondary N) is 1. The second kappa shape index (κ2) is 7.45. The number of nitrogens with zero attached hydrogens (tertiary/aromatic N) is 2. The number of carbonyl (C=O) groups is 1. The first-order chi connectivity index (χ1) is 15.2. The molecular weight excluding hydrogens is 422 g/mol. The fourth-order valence-corrected chi connectivity index (χ4v) is 5.91. The molecule has 0 aromatic carbocycles. The van der Waals surface area contributed by atoms with Gasteiger partial charge in [0.1, 0.15) is 10.5 Å². The Bertz CT molecular complexity index is 1440. The average Bonchev–Trinajstić information content (AvgIpc) is 3.20. The number of carboxylic acids is 1. The van der Waals surface area contributed by atoms with Gasteiger partial charge in [0, 0.05) is 40.5 Å². The highest BCUT2D eigenvalue weighted by atomic mass is 32.1. The Labute approximate surface area is 189 Å². The van der Waals surface area contributed by atoms with Gasteiger partial charge in [-0.15, -0.1) is 11.3 Å². The number of carboxylic acid groups (broad SMARTS) is 1. The first kappa shape index (κ1) is 20.7. The Morgan fingerprint density at radius 2 is 2.00 bits per heavy atom. The molecule has 1 aliphatic carbocycles. The van der Waals surface area contributed by atoms with Gasteiger partial charge >= 0.3 is 5.97 Å². The Morgan fingerprint density at radius 1 is 1.25 bits per heavy atom. The maximum Gasteiger partial charge on any atom is 0.353 e. The number of thiazole rings is 1. The molecule has 5 rings (SSSR count). The van der Waals surface area contributed by atoms with Crippen LogP contribution in [-0.2, 0) is 6.42 Å². The van der Waals surface area contributed by atoms with Crippen LogP contribution in [0.3, 0.4) is 0 Å². The topological polar surface area (TPSA) is 86.9 Å². The molecule has 3 aromatic heterocycles. The molecule has 0 atom stereocenters. The van der Waals surface area contributed by atoms with Gasteiger partial charge in [0.15, 0.2) is 0 Å². The smallest absolute Gasteiger partial charge is 0.353 e. The third kappa shape index (κ3) is 3.37. The van der Waals surface area contributed by atoms with Gasteiger partial charge in [-0.05, 0) is 80.9 Å². The van der Waals surface area contributed by atoms with Crippen LogP contribution >= 0.6 is 11.3 Å². The van der Waals surface area contributed by atoms with Gasteiger partial charge in [0.05, 0.1) is 5.70 Å². The van der Waals surface area contributed by atoms with Crippen molar-refractivity contribution < 1.29 is 9.90 Å². The number of aliphatic imine (C=N–C) groups is 1. The number of allylic oxidation sites excluding steroid dienone is 3. The quantitative estimate of drug-likeness (QED) is 0.560. The molecule has 0 radical (unpaired) electrons. The first-order valence-electron chi connectivity index (χ1n) is 10.8. The fraction of sp³-hybridized carbons (Fsp3) is 0.320. The molecule has 0 bridgehead atoms. The maximum absolute atomic E-state index is 13.1. The lowest BCUT2D eigenvalue weighted by Gasteiger charge is -2.16. The fourth-order valence-electron chi connectivity index (χ4n) is 4.77. The summed E-state index contributed by atoms with van der Waals surface area (Å²) in [7, 11) is 0. The van der Waals surface area contributed by atoms with E-state index in [9.17, 15) is 14.7 Å². The van der Waals surface area contributed by atoms with Crippen LogP contribution in [0.1, 0.15) is 71.2 Å². The molecule has 2 aliphatic rings. The van der Waals surface area contributed by atoms with E-state index in [1.165, 1.54) is 15.7 Å². The lowest BCUT2D eigenvalue weighted by Crippen LogP contribution is -2.19. The highest BCUT2D eigenvalue weighted by molar-refractivity contribution is 7.16. The van der Waals surface area contributed by atoms with Crippen LogP contribution in [-0.4, -0.2) is 26.2 Å². The first-order valence-corrected chi connectivity index (χ1v) is 11.7. The summed E-state index contributed by atoms with van der Waals surface area (Å²) in [5.41, 5.74) is 9.20. The Kier molecular flexibility index (Phi) is 4.82. The molecule has 6 nitrogen and oxygen atoms in total. The summed E-state index contributed by atoms with van der Waals surface area (Å²) in [4.78, 5) is 33.8.